The first-order valence-electron chi connectivity index (χ1n) is 5.84. The van der Waals surface area contributed by atoms with Crippen LogP contribution in [0.5, 0.6) is 0 Å². The molecule has 1 aromatic carbocycles. The van der Waals surface area contributed by atoms with Crippen molar-refractivity contribution in [2.75, 3.05) is 32.1 Å². The van der Waals surface area contributed by atoms with Crippen LogP contribution in [-0.4, -0.2) is 37.7 Å². The number of urea groups is 1. The van der Waals surface area contributed by atoms with Crippen LogP contribution in [0, 0.1) is 11.3 Å². The van der Waals surface area contributed by atoms with E-state index in [0.29, 0.717) is 30.4 Å². The van der Waals surface area contributed by atoms with Gasteiger partial charge in [0.05, 0.1) is 19.1 Å². The fourth-order valence-electron chi connectivity index (χ4n) is 1.47. The lowest BCUT2D eigenvalue weighted by molar-refractivity contribution is 0.156. The van der Waals surface area contributed by atoms with Gasteiger partial charge in [-0.2, -0.15) is 5.26 Å². The number of halogens is 1. The minimum Gasteiger partial charge on any atom is -0.383 e. The van der Waals surface area contributed by atoms with Crippen LogP contribution in [0.3, 0.4) is 0 Å². The molecule has 0 aliphatic carbocycles. The van der Waals surface area contributed by atoms with Gasteiger partial charge in [0.15, 0.2) is 0 Å². The second-order valence-corrected chi connectivity index (χ2v) is 4.26. The first-order chi connectivity index (χ1) is 9.17. The van der Waals surface area contributed by atoms with Gasteiger partial charge in [0.25, 0.3) is 0 Å². The fraction of sp³-hybridized carbons (Fsp3) is 0.385. The second-order valence-electron chi connectivity index (χ2n) is 3.83. The molecule has 0 radical (unpaired) electrons. The summed E-state index contributed by atoms with van der Waals surface area (Å²) >= 11 is 5.85. The van der Waals surface area contributed by atoms with Crippen molar-refractivity contribution in [1.82, 2.24) is 4.90 Å². The second kappa shape index (κ2) is 8.35. The van der Waals surface area contributed by atoms with E-state index in [1.807, 2.05) is 6.07 Å². The molecule has 1 aromatic rings. The zero-order valence-electron chi connectivity index (χ0n) is 10.7. The predicted octanol–water partition coefficient (Wildman–Crippen LogP) is 2.73. The Morgan fingerprint density at radius 3 is 2.95 bits per heavy atom. The summed E-state index contributed by atoms with van der Waals surface area (Å²) in [5, 5.41) is 11.9. The van der Waals surface area contributed by atoms with Crippen molar-refractivity contribution in [1.29, 1.82) is 5.26 Å². The average molecular weight is 282 g/mol. The predicted molar refractivity (Wildman–Crippen MR) is 74.1 cm³/mol. The van der Waals surface area contributed by atoms with Gasteiger partial charge in [-0.25, -0.2) is 4.79 Å². The van der Waals surface area contributed by atoms with E-state index in [1.165, 1.54) is 4.90 Å². The number of ether oxygens (including phenoxy) is 1. The SMILES string of the molecule is COCCN(CCC#N)C(=O)Nc1cccc(Cl)c1. The number of anilines is 1. The first-order valence-corrected chi connectivity index (χ1v) is 6.22. The number of nitriles is 1. The quantitative estimate of drug-likeness (QED) is 0.872. The molecule has 0 saturated carbocycles. The molecule has 0 spiro atoms. The molecule has 0 saturated heterocycles. The third kappa shape index (κ3) is 5.60. The van der Waals surface area contributed by atoms with E-state index in [1.54, 1.807) is 31.4 Å². The van der Waals surface area contributed by atoms with Gasteiger partial charge in [0.2, 0.25) is 0 Å². The Labute approximate surface area is 117 Å². The Bertz CT molecular complexity index is 459. The molecule has 0 atom stereocenters. The molecule has 0 fully saturated rings. The summed E-state index contributed by atoms with van der Waals surface area (Å²) in [6.45, 7) is 1.23. The zero-order valence-corrected chi connectivity index (χ0v) is 11.5. The van der Waals surface area contributed by atoms with Crippen molar-refractivity contribution in [3.63, 3.8) is 0 Å². The topological polar surface area (TPSA) is 65.4 Å². The highest BCUT2D eigenvalue weighted by Gasteiger charge is 2.12. The maximum atomic E-state index is 12.0. The summed E-state index contributed by atoms with van der Waals surface area (Å²) in [5.74, 6) is 0. The van der Waals surface area contributed by atoms with Gasteiger partial charge in [-0.1, -0.05) is 17.7 Å². The molecule has 1 N–H and O–H groups in total. The van der Waals surface area contributed by atoms with Gasteiger partial charge in [0.1, 0.15) is 0 Å². The summed E-state index contributed by atoms with van der Waals surface area (Å²) in [6.07, 6.45) is 0.284. The highest BCUT2D eigenvalue weighted by atomic mass is 35.5. The summed E-state index contributed by atoms with van der Waals surface area (Å²) in [5.41, 5.74) is 0.622. The van der Waals surface area contributed by atoms with Crippen LogP contribution in [0.15, 0.2) is 24.3 Å². The molecule has 0 aliphatic rings. The number of hydrogen-bond acceptors (Lipinski definition) is 3. The molecule has 1 rings (SSSR count). The minimum atomic E-state index is -0.269. The normalized spacial score (nSPS) is 9.74. The van der Waals surface area contributed by atoms with Crippen molar-refractivity contribution in [2.24, 2.45) is 0 Å². The summed E-state index contributed by atoms with van der Waals surface area (Å²) in [7, 11) is 1.57. The van der Waals surface area contributed by atoms with Crippen molar-refractivity contribution in [2.45, 2.75) is 6.42 Å². The van der Waals surface area contributed by atoms with Crippen LogP contribution < -0.4 is 5.32 Å². The lowest BCUT2D eigenvalue weighted by atomic mass is 10.3. The molecule has 0 aliphatic heterocycles. The Kier molecular flexibility index (Phi) is 6.72. The Hall–Kier alpha value is -1.77. The standard InChI is InChI=1S/C13H16ClN3O2/c1-19-9-8-17(7-3-6-15)13(18)16-12-5-2-4-11(14)10-12/h2,4-5,10H,3,7-9H2,1H3,(H,16,18). The number of nitrogens with one attached hydrogen (secondary N) is 1. The number of amides is 2. The molecule has 102 valence electrons. The van der Waals surface area contributed by atoms with Gasteiger partial charge in [-0.15, -0.1) is 0 Å². The lowest BCUT2D eigenvalue weighted by Gasteiger charge is -2.21. The van der Waals surface area contributed by atoms with Gasteiger partial charge < -0.3 is 15.0 Å². The Morgan fingerprint density at radius 2 is 2.32 bits per heavy atom. The number of carbonyl (C=O) groups excluding carboxylic acids is 1. The number of nitrogens with zero attached hydrogens (tertiary/aromatic N) is 2. The maximum absolute atomic E-state index is 12.0. The molecular formula is C13H16ClN3O2. The molecule has 6 heteroatoms. The van der Waals surface area contributed by atoms with E-state index in [-0.39, 0.29) is 12.5 Å². The van der Waals surface area contributed by atoms with Crippen LogP contribution in [0.1, 0.15) is 6.42 Å². The zero-order chi connectivity index (χ0) is 14.1. The van der Waals surface area contributed by atoms with Crippen molar-refractivity contribution < 1.29 is 9.53 Å². The molecule has 5 nitrogen and oxygen atoms in total. The highest BCUT2D eigenvalue weighted by Crippen LogP contribution is 2.15. The highest BCUT2D eigenvalue weighted by molar-refractivity contribution is 6.30. The molecule has 19 heavy (non-hydrogen) atoms. The van der Waals surface area contributed by atoms with Gasteiger partial charge in [0, 0.05) is 30.9 Å². The average Bonchev–Trinajstić information content (AvgIpc) is 2.38. The monoisotopic (exact) mass is 281 g/mol. The van der Waals surface area contributed by atoms with E-state index >= 15 is 0 Å². The molecule has 2 amide bonds. The number of hydrogen-bond donors (Lipinski definition) is 1. The van der Waals surface area contributed by atoms with Crippen LogP contribution in [-0.2, 0) is 4.74 Å². The Morgan fingerprint density at radius 1 is 1.53 bits per heavy atom. The van der Waals surface area contributed by atoms with E-state index in [0.717, 1.165) is 0 Å². The summed E-state index contributed by atoms with van der Waals surface area (Å²) < 4.78 is 4.95. The van der Waals surface area contributed by atoms with Crippen molar-refractivity contribution >= 4 is 23.3 Å². The molecular weight excluding hydrogens is 266 g/mol. The van der Waals surface area contributed by atoms with Gasteiger partial charge in [-0.3, -0.25) is 0 Å². The van der Waals surface area contributed by atoms with Crippen LogP contribution in [0.2, 0.25) is 5.02 Å². The van der Waals surface area contributed by atoms with E-state index in [2.05, 4.69) is 5.32 Å². The Balaban J connectivity index is 2.62. The largest absolute Gasteiger partial charge is 0.383 e. The number of rotatable bonds is 6. The third-order valence-corrected chi connectivity index (χ3v) is 2.66. The van der Waals surface area contributed by atoms with E-state index in [9.17, 15) is 4.79 Å². The van der Waals surface area contributed by atoms with E-state index in [4.69, 9.17) is 21.6 Å². The van der Waals surface area contributed by atoms with Crippen LogP contribution >= 0.6 is 11.6 Å². The third-order valence-electron chi connectivity index (χ3n) is 2.42. The van der Waals surface area contributed by atoms with Gasteiger partial charge in [-0.05, 0) is 18.2 Å². The molecule has 0 aromatic heterocycles. The van der Waals surface area contributed by atoms with E-state index < -0.39 is 0 Å². The number of methoxy groups -OCH3 is 1. The van der Waals surface area contributed by atoms with Crippen molar-refractivity contribution in [3.8, 4) is 6.07 Å². The number of benzene rings is 1. The molecule has 0 unspecified atom stereocenters. The molecule has 0 bridgehead atoms. The van der Waals surface area contributed by atoms with Gasteiger partial charge >= 0.3 is 6.03 Å². The fourth-order valence-corrected chi connectivity index (χ4v) is 1.66. The first kappa shape index (κ1) is 15.3. The summed E-state index contributed by atoms with van der Waals surface area (Å²) in [6, 6.07) is 8.66. The van der Waals surface area contributed by atoms with Crippen LogP contribution in [0.25, 0.3) is 0 Å². The lowest BCUT2D eigenvalue weighted by Crippen LogP contribution is -2.37. The minimum absolute atomic E-state index is 0.269. The molecule has 0 heterocycles. The van der Waals surface area contributed by atoms with Crippen molar-refractivity contribution in [3.05, 3.63) is 29.3 Å². The van der Waals surface area contributed by atoms with Crippen LogP contribution in [0.4, 0.5) is 10.5 Å². The number of carbonyl (C=O) groups is 1. The smallest absolute Gasteiger partial charge is 0.321 e. The maximum Gasteiger partial charge on any atom is 0.321 e. The summed E-state index contributed by atoms with van der Waals surface area (Å²) in [4.78, 5) is 13.6.